The normalized spacial score (nSPS) is 29.2. The van der Waals surface area contributed by atoms with E-state index >= 15 is 0 Å². The van der Waals surface area contributed by atoms with Crippen LogP contribution in [0.1, 0.15) is 52.9 Å². The lowest BCUT2D eigenvalue weighted by Gasteiger charge is -2.30. The fourth-order valence-corrected chi connectivity index (χ4v) is 3.47. The van der Waals surface area contributed by atoms with Crippen LogP contribution >= 0.6 is 11.8 Å². The molecule has 0 heterocycles. The number of hydrogen-bond acceptors (Lipinski definition) is 3. The fourth-order valence-electron chi connectivity index (χ4n) is 2.44. The number of aliphatic hydroxyl groups excluding tert-OH is 1. The average molecular weight is 273 g/mol. The van der Waals surface area contributed by atoms with E-state index in [2.05, 4.69) is 19.2 Å². The SMILES string of the molecule is CCCCS[C@H](C)C(=O)N[C@H]1CCC[C@]1(C)CO. The van der Waals surface area contributed by atoms with E-state index in [4.69, 9.17) is 0 Å². The first kappa shape index (κ1) is 15.8. The van der Waals surface area contributed by atoms with Crippen molar-refractivity contribution in [2.45, 2.75) is 64.2 Å². The number of hydrogen-bond donors (Lipinski definition) is 2. The second-order valence-corrected chi connectivity index (χ2v) is 7.08. The zero-order valence-electron chi connectivity index (χ0n) is 11.9. The van der Waals surface area contributed by atoms with Crippen LogP contribution in [0.2, 0.25) is 0 Å². The monoisotopic (exact) mass is 273 g/mol. The van der Waals surface area contributed by atoms with Crippen LogP contribution in [-0.4, -0.2) is 34.7 Å². The molecule has 1 saturated carbocycles. The smallest absolute Gasteiger partial charge is 0.233 e. The van der Waals surface area contributed by atoms with Crippen molar-refractivity contribution < 1.29 is 9.90 Å². The molecule has 3 atom stereocenters. The molecule has 1 amide bonds. The topological polar surface area (TPSA) is 49.3 Å². The first-order valence-corrected chi connectivity index (χ1v) is 8.11. The van der Waals surface area contributed by atoms with E-state index in [-0.39, 0.29) is 29.2 Å². The quantitative estimate of drug-likeness (QED) is 0.701. The van der Waals surface area contributed by atoms with E-state index < -0.39 is 0 Å². The summed E-state index contributed by atoms with van der Waals surface area (Å²) < 4.78 is 0. The largest absolute Gasteiger partial charge is 0.396 e. The molecular formula is C14H27NO2S. The van der Waals surface area contributed by atoms with Gasteiger partial charge in [0.25, 0.3) is 0 Å². The van der Waals surface area contributed by atoms with Gasteiger partial charge in [0, 0.05) is 11.5 Å². The minimum atomic E-state index is -0.122. The summed E-state index contributed by atoms with van der Waals surface area (Å²) in [5.74, 6) is 1.18. The number of thioether (sulfide) groups is 1. The number of aliphatic hydroxyl groups is 1. The Morgan fingerprint density at radius 3 is 2.94 bits per heavy atom. The van der Waals surface area contributed by atoms with Crippen LogP contribution in [0.3, 0.4) is 0 Å². The van der Waals surface area contributed by atoms with Crippen molar-refractivity contribution in [3.05, 3.63) is 0 Å². The van der Waals surface area contributed by atoms with Gasteiger partial charge < -0.3 is 10.4 Å². The Bertz CT molecular complexity index is 273. The van der Waals surface area contributed by atoms with E-state index in [0.29, 0.717) is 0 Å². The van der Waals surface area contributed by atoms with Crippen LogP contribution in [0.5, 0.6) is 0 Å². The maximum atomic E-state index is 12.1. The molecule has 0 aliphatic heterocycles. The maximum Gasteiger partial charge on any atom is 0.233 e. The van der Waals surface area contributed by atoms with Crippen molar-refractivity contribution in [1.82, 2.24) is 5.32 Å². The summed E-state index contributed by atoms with van der Waals surface area (Å²) in [6.45, 7) is 6.37. The van der Waals surface area contributed by atoms with Crippen LogP contribution in [0, 0.1) is 5.41 Å². The first-order valence-electron chi connectivity index (χ1n) is 7.06. The summed E-state index contributed by atoms with van der Waals surface area (Å²) in [7, 11) is 0. The molecular weight excluding hydrogens is 246 g/mol. The highest BCUT2D eigenvalue weighted by Crippen LogP contribution is 2.37. The third-order valence-electron chi connectivity index (χ3n) is 3.99. The lowest BCUT2D eigenvalue weighted by Crippen LogP contribution is -2.47. The Kier molecular flexibility index (Phi) is 6.50. The summed E-state index contributed by atoms with van der Waals surface area (Å²) in [6.07, 6.45) is 5.44. The highest BCUT2D eigenvalue weighted by atomic mass is 32.2. The standard InChI is InChI=1S/C14H27NO2S/c1-4-5-9-18-11(2)13(17)15-12-7-6-8-14(12,3)10-16/h11-12,16H,4-10H2,1-3H3,(H,15,17)/t11-,12+,14-/m1/s1. The molecule has 0 aromatic heterocycles. The van der Waals surface area contributed by atoms with Crippen LogP contribution in [0.15, 0.2) is 0 Å². The van der Waals surface area contributed by atoms with Crippen LogP contribution in [0.4, 0.5) is 0 Å². The van der Waals surface area contributed by atoms with Gasteiger partial charge >= 0.3 is 0 Å². The molecule has 0 saturated heterocycles. The van der Waals surface area contributed by atoms with Gasteiger partial charge in [-0.2, -0.15) is 0 Å². The lowest BCUT2D eigenvalue weighted by atomic mass is 9.86. The molecule has 0 aromatic rings. The molecule has 1 fully saturated rings. The molecule has 4 heteroatoms. The maximum absolute atomic E-state index is 12.1. The van der Waals surface area contributed by atoms with Crippen LogP contribution in [0.25, 0.3) is 0 Å². The van der Waals surface area contributed by atoms with Crippen molar-refractivity contribution in [3.63, 3.8) is 0 Å². The Balaban J connectivity index is 2.39. The summed E-state index contributed by atoms with van der Waals surface area (Å²) in [4.78, 5) is 12.1. The molecule has 1 aliphatic rings. The van der Waals surface area contributed by atoms with E-state index in [0.717, 1.165) is 25.0 Å². The van der Waals surface area contributed by atoms with Gasteiger partial charge in [0.2, 0.25) is 5.91 Å². The van der Waals surface area contributed by atoms with Gasteiger partial charge in [-0.05, 0) is 31.9 Å². The van der Waals surface area contributed by atoms with Gasteiger partial charge in [-0.15, -0.1) is 11.8 Å². The van der Waals surface area contributed by atoms with Crippen molar-refractivity contribution >= 4 is 17.7 Å². The summed E-state index contributed by atoms with van der Waals surface area (Å²) in [5.41, 5.74) is -0.122. The molecule has 2 N–H and O–H groups in total. The Morgan fingerprint density at radius 2 is 2.33 bits per heavy atom. The summed E-state index contributed by atoms with van der Waals surface area (Å²) in [6, 6.07) is 0.143. The predicted octanol–water partition coefficient (Wildman–Crippen LogP) is 2.58. The van der Waals surface area contributed by atoms with Gasteiger partial charge in [-0.1, -0.05) is 26.7 Å². The fraction of sp³-hybridized carbons (Fsp3) is 0.929. The number of carbonyl (C=O) groups excluding carboxylic acids is 1. The summed E-state index contributed by atoms with van der Waals surface area (Å²) in [5, 5.41) is 12.6. The minimum Gasteiger partial charge on any atom is -0.396 e. The van der Waals surface area contributed by atoms with Gasteiger partial charge in [0.15, 0.2) is 0 Å². The lowest BCUT2D eigenvalue weighted by molar-refractivity contribution is -0.121. The van der Waals surface area contributed by atoms with Gasteiger partial charge in [0.1, 0.15) is 0 Å². The van der Waals surface area contributed by atoms with Crippen molar-refractivity contribution in [2.75, 3.05) is 12.4 Å². The van der Waals surface area contributed by atoms with Crippen molar-refractivity contribution in [1.29, 1.82) is 0 Å². The molecule has 0 bridgehead atoms. The highest BCUT2D eigenvalue weighted by Gasteiger charge is 2.39. The zero-order chi connectivity index (χ0) is 13.6. The molecule has 0 aromatic carbocycles. The molecule has 106 valence electrons. The molecule has 18 heavy (non-hydrogen) atoms. The van der Waals surface area contributed by atoms with Crippen LogP contribution in [-0.2, 0) is 4.79 Å². The number of unbranched alkanes of at least 4 members (excludes halogenated alkanes) is 1. The Hall–Kier alpha value is -0.220. The number of nitrogens with one attached hydrogen (secondary N) is 1. The highest BCUT2D eigenvalue weighted by molar-refractivity contribution is 8.00. The third kappa shape index (κ3) is 4.16. The molecule has 0 unspecified atom stereocenters. The number of rotatable bonds is 7. The van der Waals surface area contributed by atoms with Gasteiger partial charge in [0.05, 0.1) is 11.9 Å². The zero-order valence-corrected chi connectivity index (χ0v) is 12.7. The molecule has 0 spiro atoms. The number of carbonyl (C=O) groups is 1. The second-order valence-electron chi connectivity index (χ2n) is 5.63. The minimum absolute atomic E-state index is 0.0140. The number of amides is 1. The molecule has 1 rings (SSSR count). The van der Waals surface area contributed by atoms with E-state index in [9.17, 15) is 9.90 Å². The molecule has 1 aliphatic carbocycles. The Labute approximate surface area is 115 Å². The molecule has 3 nitrogen and oxygen atoms in total. The van der Waals surface area contributed by atoms with E-state index in [1.807, 2.05) is 6.92 Å². The third-order valence-corrected chi connectivity index (χ3v) is 5.23. The second kappa shape index (κ2) is 7.39. The first-order chi connectivity index (χ1) is 8.53. The molecule has 0 radical (unpaired) electrons. The van der Waals surface area contributed by atoms with E-state index in [1.165, 1.54) is 12.8 Å². The predicted molar refractivity (Wildman–Crippen MR) is 77.8 cm³/mol. The van der Waals surface area contributed by atoms with Crippen LogP contribution < -0.4 is 5.32 Å². The summed E-state index contributed by atoms with van der Waals surface area (Å²) >= 11 is 1.73. The van der Waals surface area contributed by atoms with Crippen molar-refractivity contribution in [2.24, 2.45) is 5.41 Å². The van der Waals surface area contributed by atoms with Gasteiger partial charge in [-0.25, -0.2) is 0 Å². The average Bonchev–Trinajstić information content (AvgIpc) is 2.72. The van der Waals surface area contributed by atoms with E-state index in [1.54, 1.807) is 11.8 Å². The Morgan fingerprint density at radius 1 is 1.61 bits per heavy atom. The van der Waals surface area contributed by atoms with Gasteiger partial charge in [-0.3, -0.25) is 4.79 Å². The van der Waals surface area contributed by atoms with Crippen molar-refractivity contribution in [3.8, 4) is 0 Å².